The minimum atomic E-state index is -3.44. The number of rotatable bonds is 9. The number of anilines is 3. The molecule has 0 radical (unpaired) electrons. The molecule has 15 heteroatoms. The number of ether oxygens (including phenoxy) is 1. The number of nitrogens with zero attached hydrogens (tertiary/aromatic N) is 5. The fourth-order valence-corrected chi connectivity index (χ4v) is 5.46. The van der Waals surface area contributed by atoms with Crippen molar-refractivity contribution < 1.29 is 27.3 Å². The van der Waals surface area contributed by atoms with Crippen LogP contribution in [-0.4, -0.2) is 64.8 Å². The molecule has 0 bridgehead atoms. The molecule has 2 aromatic heterocycles. The van der Waals surface area contributed by atoms with Crippen molar-refractivity contribution in [2.24, 2.45) is 11.7 Å². The van der Waals surface area contributed by atoms with Crippen molar-refractivity contribution in [2.45, 2.75) is 31.7 Å². The van der Waals surface area contributed by atoms with Crippen LogP contribution in [0.3, 0.4) is 0 Å². The van der Waals surface area contributed by atoms with Gasteiger partial charge in [0.1, 0.15) is 6.04 Å². The third-order valence-corrected chi connectivity index (χ3v) is 7.60. The van der Waals surface area contributed by atoms with Gasteiger partial charge in [0.2, 0.25) is 27.6 Å². The van der Waals surface area contributed by atoms with Crippen LogP contribution >= 0.6 is 0 Å². The van der Waals surface area contributed by atoms with Crippen LogP contribution in [0.25, 0.3) is 11.4 Å². The molecule has 1 aromatic carbocycles. The van der Waals surface area contributed by atoms with Crippen molar-refractivity contribution in [2.75, 3.05) is 30.5 Å². The Morgan fingerprint density at radius 1 is 1.18 bits per heavy atom. The molecule has 1 aliphatic heterocycles. The molecular weight excluding hydrogens is 516 g/mol. The molecule has 2 fully saturated rings. The number of para-hydroxylation sites is 1. The SMILES string of the molecule is COc1c(Nc2cc(NC(=O)C3CC3)nnc2C(N)=O)cccc1-c1noc([C@@H]2CCCN2S(C)(=O)=O)n1. The molecule has 3 aromatic rings. The number of hydrogen-bond acceptors (Lipinski definition) is 11. The zero-order valence-electron chi connectivity index (χ0n) is 20.7. The van der Waals surface area contributed by atoms with E-state index >= 15 is 0 Å². The average Bonchev–Trinajstić information content (AvgIpc) is 3.39. The summed E-state index contributed by atoms with van der Waals surface area (Å²) in [6.45, 7) is 0.384. The third-order valence-electron chi connectivity index (χ3n) is 6.31. The van der Waals surface area contributed by atoms with Crippen LogP contribution in [0.5, 0.6) is 5.75 Å². The van der Waals surface area contributed by atoms with Crippen LogP contribution in [0.1, 0.15) is 48.1 Å². The summed E-state index contributed by atoms with van der Waals surface area (Å²) in [5.41, 5.74) is 6.45. The molecule has 14 nitrogen and oxygen atoms in total. The standard InChI is InChI=1S/C23H26N8O6S/c1-36-19-13(21-27-23(37-30-21)16-7-4-10-31(16)38(2,34)35)5-3-6-14(19)25-15-11-17(26-22(33)12-8-9-12)28-29-18(15)20(24)32/h3,5-6,11-12,16H,4,7-10H2,1-2H3,(H2,24,32)(H2,25,26,28,33)/t16-/m0/s1. The maximum Gasteiger partial charge on any atom is 0.271 e. The second kappa shape index (κ2) is 9.98. The number of hydrogen-bond donors (Lipinski definition) is 3. The maximum atomic E-state index is 12.2. The van der Waals surface area contributed by atoms with Gasteiger partial charge in [-0.25, -0.2) is 8.42 Å². The number of carbonyl (C=O) groups excluding carboxylic acids is 2. The summed E-state index contributed by atoms with van der Waals surface area (Å²) in [5.74, 6) is -0.156. The first-order chi connectivity index (χ1) is 18.2. The molecule has 2 amide bonds. The van der Waals surface area contributed by atoms with Gasteiger partial charge < -0.3 is 25.6 Å². The van der Waals surface area contributed by atoms with Crippen LogP contribution in [0.4, 0.5) is 17.2 Å². The Labute approximate surface area is 218 Å². The van der Waals surface area contributed by atoms with Crippen LogP contribution in [0.2, 0.25) is 0 Å². The number of aromatic nitrogens is 4. The molecule has 200 valence electrons. The second-order valence-electron chi connectivity index (χ2n) is 9.12. The Morgan fingerprint density at radius 2 is 1.97 bits per heavy atom. The topological polar surface area (TPSA) is 196 Å². The van der Waals surface area contributed by atoms with Gasteiger partial charge in [0.05, 0.1) is 30.3 Å². The van der Waals surface area contributed by atoms with Gasteiger partial charge >= 0.3 is 0 Å². The van der Waals surface area contributed by atoms with E-state index in [1.807, 2.05) is 0 Å². The van der Waals surface area contributed by atoms with Crippen LogP contribution in [0, 0.1) is 5.92 Å². The van der Waals surface area contributed by atoms with Crippen molar-refractivity contribution >= 4 is 39.0 Å². The highest BCUT2D eigenvalue weighted by Crippen LogP contribution is 2.39. The minimum Gasteiger partial charge on any atom is -0.494 e. The van der Waals surface area contributed by atoms with E-state index in [1.165, 1.54) is 17.5 Å². The van der Waals surface area contributed by atoms with Gasteiger partial charge in [-0.1, -0.05) is 11.2 Å². The molecule has 2 aliphatic rings. The molecule has 1 atom stereocenters. The fourth-order valence-electron chi connectivity index (χ4n) is 4.34. The summed E-state index contributed by atoms with van der Waals surface area (Å²) < 4.78 is 36.7. The van der Waals surface area contributed by atoms with Crippen LogP contribution in [-0.2, 0) is 14.8 Å². The predicted molar refractivity (Wildman–Crippen MR) is 135 cm³/mol. The van der Waals surface area contributed by atoms with Crippen molar-refractivity contribution in [3.8, 4) is 17.1 Å². The van der Waals surface area contributed by atoms with Gasteiger partial charge in [-0.15, -0.1) is 10.2 Å². The van der Waals surface area contributed by atoms with Gasteiger partial charge in [0.15, 0.2) is 17.3 Å². The van der Waals surface area contributed by atoms with Crippen LogP contribution in [0.15, 0.2) is 28.8 Å². The summed E-state index contributed by atoms with van der Waals surface area (Å²) >= 11 is 0. The van der Waals surface area contributed by atoms with Crippen molar-refractivity contribution in [3.05, 3.63) is 35.9 Å². The fraction of sp³-hybridized carbons (Fsp3) is 0.391. The average molecular weight is 543 g/mol. The van der Waals surface area contributed by atoms with E-state index in [9.17, 15) is 18.0 Å². The van der Waals surface area contributed by atoms with Crippen LogP contribution < -0.4 is 21.1 Å². The van der Waals surface area contributed by atoms with Crippen molar-refractivity contribution in [1.82, 2.24) is 24.6 Å². The molecule has 5 rings (SSSR count). The number of amides is 2. The Hall–Kier alpha value is -4.11. The highest BCUT2D eigenvalue weighted by Gasteiger charge is 2.36. The van der Waals surface area contributed by atoms with Gasteiger partial charge in [-0.05, 0) is 37.8 Å². The van der Waals surface area contributed by atoms with Crippen molar-refractivity contribution in [1.29, 1.82) is 0 Å². The predicted octanol–water partition coefficient (Wildman–Crippen LogP) is 1.82. The lowest BCUT2D eigenvalue weighted by molar-refractivity contribution is -0.117. The summed E-state index contributed by atoms with van der Waals surface area (Å²) in [6, 6.07) is 6.04. The van der Waals surface area contributed by atoms with E-state index in [1.54, 1.807) is 18.2 Å². The first-order valence-electron chi connectivity index (χ1n) is 11.9. The van der Waals surface area contributed by atoms with Gasteiger partial charge in [-0.2, -0.15) is 9.29 Å². The van der Waals surface area contributed by atoms with Crippen molar-refractivity contribution in [3.63, 3.8) is 0 Å². The Bertz CT molecular complexity index is 1500. The minimum absolute atomic E-state index is 0.0469. The molecule has 1 saturated carbocycles. The Balaban J connectivity index is 1.46. The first-order valence-corrected chi connectivity index (χ1v) is 13.7. The lowest BCUT2D eigenvalue weighted by atomic mass is 10.1. The summed E-state index contributed by atoms with van der Waals surface area (Å²) in [7, 11) is -1.98. The Kier molecular flexibility index (Phi) is 6.71. The normalized spacial score (nSPS) is 17.8. The van der Waals surface area contributed by atoms with Gasteiger partial charge in [0, 0.05) is 18.5 Å². The van der Waals surface area contributed by atoms with E-state index in [-0.39, 0.29) is 40.7 Å². The molecule has 0 spiro atoms. The number of primary amides is 1. The highest BCUT2D eigenvalue weighted by atomic mass is 32.2. The van der Waals surface area contributed by atoms with Gasteiger partial charge in [0.25, 0.3) is 5.91 Å². The number of methoxy groups -OCH3 is 1. The molecule has 1 aliphatic carbocycles. The van der Waals surface area contributed by atoms with E-state index in [4.69, 9.17) is 15.0 Å². The first kappa shape index (κ1) is 25.5. The quantitative estimate of drug-likeness (QED) is 0.357. The number of carbonyl (C=O) groups is 2. The Morgan fingerprint density at radius 3 is 2.66 bits per heavy atom. The lowest BCUT2D eigenvalue weighted by Crippen LogP contribution is -2.29. The van der Waals surface area contributed by atoms with E-state index < -0.39 is 22.0 Å². The number of nitrogens with two attached hydrogens (primary N) is 1. The van der Waals surface area contributed by atoms with E-state index in [0.29, 0.717) is 36.4 Å². The molecular formula is C23H26N8O6S. The summed E-state index contributed by atoms with van der Waals surface area (Å²) in [6.07, 6.45) is 4.04. The molecule has 38 heavy (non-hydrogen) atoms. The molecule has 0 unspecified atom stereocenters. The van der Waals surface area contributed by atoms with E-state index in [2.05, 4.69) is 31.0 Å². The number of benzene rings is 1. The summed E-state index contributed by atoms with van der Waals surface area (Å²) in [5, 5.41) is 17.6. The number of sulfonamides is 1. The largest absolute Gasteiger partial charge is 0.494 e. The second-order valence-corrected chi connectivity index (χ2v) is 11.1. The van der Waals surface area contributed by atoms with E-state index in [0.717, 1.165) is 19.1 Å². The summed E-state index contributed by atoms with van der Waals surface area (Å²) in [4.78, 5) is 28.6. The van der Waals surface area contributed by atoms with Gasteiger partial charge in [-0.3, -0.25) is 9.59 Å². The monoisotopic (exact) mass is 542 g/mol. The highest BCUT2D eigenvalue weighted by molar-refractivity contribution is 7.88. The lowest BCUT2D eigenvalue weighted by Gasteiger charge is -2.18. The zero-order valence-corrected chi connectivity index (χ0v) is 21.5. The molecule has 1 saturated heterocycles. The molecule has 3 heterocycles. The third kappa shape index (κ3) is 5.15. The smallest absolute Gasteiger partial charge is 0.271 e. The molecule has 4 N–H and O–H groups in total. The maximum absolute atomic E-state index is 12.2. The zero-order chi connectivity index (χ0) is 27.0. The number of nitrogens with one attached hydrogen (secondary N) is 2.